The third-order valence-electron chi connectivity index (χ3n) is 5.66. The van der Waals surface area contributed by atoms with Crippen molar-refractivity contribution < 1.29 is 19.4 Å². The number of likely N-dealkylation sites (tertiary alicyclic amines) is 2. The lowest BCUT2D eigenvalue weighted by atomic mass is 10.0. The first-order chi connectivity index (χ1) is 13.6. The molecule has 2 saturated heterocycles. The van der Waals surface area contributed by atoms with Gasteiger partial charge in [0, 0.05) is 32.6 Å². The maximum atomic E-state index is 12.5. The Morgan fingerprint density at radius 1 is 1.21 bits per heavy atom. The van der Waals surface area contributed by atoms with Crippen molar-refractivity contribution in [3.05, 3.63) is 29.8 Å². The Balaban J connectivity index is 1.42. The van der Waals surface area contributed by atoms with E-state index in [1.807, 2.05) is 11.0 Å². The highest BCUT2D eigenvalue weighted by Crippen LogP contribution is 2.19. The smallest absolute Gasteiger partial charge is 0.255 e. The molecule has 2 atom stereocenters. The van der Waals surface area contributed by atoms with Crippen molar-refractivity contribution in [1.82, 2.24) is 15.1 Å². The molecule has 7 heteroatoms. The number of piperidine rings is 1. The fraction of sp³-hybridized carbons (Fsp3) is 0.619. The predicted molar refractivity (Wildman–Crippen MR) is 106 cm³/mol. The molecule has 2 aliphatic rings. The number of β-amino-alcohol motifs (C(OH)–C–C–N with tert-alkyl or cyclic N) is 1. The summed E-state index contributed by atoms with van der Waals surface area (Å²) in [5.41, 5.74) is 0.472. The van der Waals surface area contributed by atoms with Crippen molar-refractivity contribution in [3.63, 3.8) is 0 Å². The highest BCUT2D eigenvalue weighted by Gasteiger charge is 2.29. The number of carbonyl (C=O) groups is 2. The van der Waals surface area contributed by atoms with Crippen LogP contribution in [0, 0.1) is 0 Å². The van der Waals surface area contributed by atoms with Crippen LogP contribution in [0.1, 0.15) is 42.5 Å². The number of aliphatic hydroxyl groups excluding tert-OH is 1. The lowest BCUT2D eigenvalue weighted by Crippen LogP contribution is -2.54. The zero-order valence-corrected chi connectivity index (χ0v) is 16.6. The monoisotopic (exact) mass is 389 g/mol. The summed E-state index contributed by atoms with van der Waals surface area (Å²) in [7, 11) is 1.54. The number of nitrogens with zero attached hydrogens (tertiary/aromatic N) is 2. The number of hydrogen-bond donors (Lipinski definition) is 2. The Hall–Kier alpha value is -2.12. The van der Waals surface area contributed by atoms with Crippen LogP contribution in [0.5, 0.6) is 5.75 Å². The van der Waals surface area contributed by atoms with E-state index in [2.05, 4.69) is 10.2 Å². The third kappa shape index (κ3) is 5.23. The minimum absolute atomic E-state index is 0.230. The molecule has 2 unspecified atom stereocenters. The fourth-order valence-corrected chi connectivity index (χ4v) is 4.03. The van der Waals surface area contributed by atoms with E-state index in [0.717, 1.165) is 45.4 Å². The van der Waals surface area contributed by atoms with Crippen LogP contribution >= 0.6 is 0 Å². The largest absolute Gasteiger partial charge is 0.496 e. The first-order valence-corrected chi connectivity index (χ1v) is 10.2. The summed E-state index contributed by atoms with van der Waals surface area (Å²) < 4.78 is 5.24. The van der Waals surface area contributed by atoms with E-state index < -0.39 is 6.10 Å². The van der Waals surface area contributed by atoms with Gasteiger partial charge in [-0.25, -0.2) is 0 Å². The average Bonchev–Trinajstić information content (AvgIpc) is 3.24. The lowest BCUT2D eigenvalue weighted by Gasteiger charge is -2.36. The highest BCUT2D eigenvalue weighted by molar-refractivity contribution is 5.97. The lowest BCUT2D eigenvalue weighted by molar-refractivity contribution is -0.130. The molecule has 2 amide bonds. The Labute approximate surface area is 166 Å². The van der Waals surface area contributed by atoms with Crippen molar-refractivity contribution in [2.24, 2.45) is 0 Å². The van der Waals surface area contributed by atoms with Crippen LogP contribution < -0.4 is 10.1 Å². The van der Waals surface area contributed by atoms with Gasteiger partial charge in [0.15, 0.2) is 0 Å². The van der Waals surface area contributed by atoms with Gasteiger partial charge in [-0.05, 0) is 44.4 Å². The number of amides is 2. The number of methoxy groups -OCH3 is 1. The molecule has 0 radical (unpaired) electrons. The number of nitrogens with one attached hydrogen (secondary N) is 1. The number of benzene rings is 1. The summed E-state index contributed by atoms with van der Waals surface area (Å²) in [4.78, 5) is 28.8. The number of hydrogen-bond acceptors (Lipinski definition) is 5. The SMILES string of the molecule is COc1ccccc1C(=O)NC1CCN(CCCC(=O)N2CCCC2)CC1O. The van der Waals surface area contributed by atoms with E-state index in [9.17, 15) is 14.7 Å². The molecule has 0 spiro atoms. The molecule has 3 rings (SSSR count). The van der Waals surface area contributed by atoms with Crippen LogP contribution in [0.15, 0.2) is 24.3 Å². The minimum atomic E-state index is -0.623. The van der Waals surface area contributed by atoms with Gasteiger partial charge < -0.3 is 25.0 Å². The molecule has 2 aliphatic heterocycles. The standard InChI is InChI=1S/C21H31N3O4/c1-28-19-8-3-2-7-16(19)21(27)22-17-10-14-23(15-18(17)25)11-6-9-20(26)24-12-4-5-13-24/h2-3,7-8,17-18,25H,4-6,9-15H2,1H3,(H,22,27). The van der Waals surface area contributed by atoms with Gasteiger partial charge in [-0.15, -0.1) is 0 Å². The number of rotatable bonds is 7. The van der Waals surface area contributed by atoms with Gasteiger partial charge in [0.05, 0.1) is 24.8 Å². The minimum Gasteiger partial charge on any atom is -0.496 e. The Bertz CT molecular complexity index is 675. The molecular formula is C21H31N3O4. The molecule has 1 aromatic rings. The van der Waals surface area contributed by atoms with Crippen molar-refractivity contribution in [2.45, 2.75) is 44.2 Å². The first kappa shape index (κ1) is 20.6. The second kappa shape index (κ2) is 9.89. The molecule has 2 heterocycles. The quantitative estimate of drug-likeness (QED) is 0.734. The molecule has 2 N–H and O–H groups in total. The summed E-state index contributed by atoms with van der Waals surface area (Å²) in [6.45, 7) is 3.90. The highest BCUT2D eigenvalue weighted by atomic mass is 16.5. The van der Waals surface area contributed by atoms with Crippen molar-refractivity contribution in [3.8, 4) is 5.75 Å². The molecule has 1 aromatic carbocycles. The second-order valence-electron chi connectivity index (χ2n) is 7.63. The molecule has 28 heavy (non-hydrogen) atoms. The molecule has 7 nitrogen and oxygen atoms in total. The fourth-order valence-electron chi connectivity index (χ4n) is 4.03. The number of para-hydroxylation sites is 1. The summed E-state index contributed by atoms with van der Waals surface area (Å²) in [5.74, 6) is 0.540. The summed E-state index contributed by atoms with van der Waals surface area (Å²) in [5, 5.41) is 13.4. The van der Waals surface area contributed by atoms with Gasteiger partial charge in [-0.3, -0.25) is 9.59 Å². The molecule has 0 saturated carbocycles. The normalized spacial score (nSPS) is 22.9. The summed E-state index contributed by atoms with van der Waals surface area (Å²) in [6.07, 6.45) is 3.67. The summed E-state index contributed by atoms with van der Waals surface area (Å²) in [6, 6.07) is 6.79. The van der Waals surface area contributed by atoms with Crippen LogP contribution in [0.3, 0.4) is 0 Å². The van der Waals surface area contributed by atoms with Crippen LogP contribution in [0.25, 0.3) is 0 Å². The van der Waals surface area contributed by atoms with Crippen LogP contribution in [-0.4, -0.2) is 78.7 Å². The summed E-state index contributed by atoms with van der Waals surface area (Å²) >= 11 is 0. The van der Waals surface area contributed by atoms with Crippen LogP contribution in [-0.2, 0) is 4.79 Å². The van der Waals surface area contributed by atoms with Gasteiger partial charge >= 0.3 is 0 Å². The topological polar surface area (TPSA) is 82.1 Å². The van der Waals surface area contributed by atoms with Crippen LogP contribution in [0.4, 0.5) is 0 Å². The zero-order chi connectivity index (χ0) is 19.9. The molecule has 154 valence electrons. The van der Waals surface area contributed by atoms with Gasteiger partial charge in [0.1, 0.15) is 5.75 Å². The molecule has 0 bridgehead atoms. The van der Waals surface area contributed by atoms with E-state index >= 15 is 0 Å². The number of carbonyl (C=O) groups excluding carboxylic acids is 2. The van der Waals surface area contributed by atoms with Crippen molar-refractivity contribution in [2.75, 3.05) is 39.8 Å². The van der Waals surface area contributed by atoms with Gasteiger partial charge in [-0.2, -0.15) is 0 Å². The van der Waals surface area contributed by atoms with Gasteiger partial charge in [0.25, 0.3) is 5.91 Å². The Morgan fingerprint density at radius 2 is 1.96 bits per heavy atom. The average molecular weight is 389 g/mol. The Kier molecular flexibility index (Phi) is 7.28. The zero-order valence-electron chi connectivity index (χ0n) is 16.6. The first-order valence-electron chi connectivity index (χ1n) is 10.2. The van der Waals surface area contributed by atoms with Gasteiger partial charge in [0.2, 0.25) is 5.91 Å². The maximum Gasteiger partial charge on any atom is 0.255 e. The van der Waals surface area contributed by atoms with Crippen LogP contribution in [0.2, 0.25) is 0 Å². The molecule has 0 aromatic heterocycles. The third-order valence-corrected chi connectivity index (χ3v) is 5.66. The van der Waals surface area contributed by atoms with E-state index in [0.29, 0.717) is 30.7 Å². The molecular weight excluding hydrogens is 358 g/mol. The number of ether oxygens (including phenoxy) is 1. The second-order valence-corrected chi connectivity index (χ2v) is 7.63. The van der Waals surface area contributed by atoms with E-state index in [1.165, 1.54) is 7.11 Å². The predicted octanol–water partition coefficient (Wildman–Crippen LogP) is 1.26. The maximum absolute atomic E-state index is 12.5. The Morgan fingerprint density at radius 3 is 2.68 bits per heavy atom. The van der Waals surface area contributed by atoms with Crippen molar-refractivity contribution in [1.29, 1.82) is 0 Å². The van der Waals surface area contributed by atoms with Gasteiger partial charge in [-0.1, -0.05) is 12.1 Å². The van der Waals surface area contributed by atoms with Crippen molar-refractivity contribution >= 4 is 11.8 Å². The number of aliphatic hydroxyl groups is 1. The molecule has 2 fully saturated rings. The van der Waals surface area contributed by atoms with E-state index in [1.54, 1.807) is 18.2 Å². The van der Waals surface area contributed by atoms with E-state index in [4.69, 9.17) is 4.74 Å². The molecule has 0 aliphatic carbocycles. The van der Waals surface area contributed by atoms with E-state index in [-0.39, 0.29) is 17.9 Å².